The van der Waals surface area contributed by atoms with E-state index in [-0.39, 0.29) is 17.3 Å². The van der Waals surface area contributed by atoms with Crippen LogP contribution in [0.25, 0.3) is 5.65 Å². The molecule has 0 bridgehead atoms. The van der Waals surface area contributed by atoms with Crippen LogP contribution in [0.2, 0.25) is 0 Å². The number of nitrogens with one attached hydrogen (secondary N) is 1. The van der Waals surface area contributed by atoms with Gasteiger partial charge < -0.3 is 11.1 Å². The molecule has 6 nitrogen and oxygen atoms in total. The Labute approximate surface area is 92.2 Å². The number of imidazole rings is 1. The normalized spacial score (nSPS) is 11.7. The van der Waals surface area contributed by atoms with E-state index in [2.05, 4.69) is 10.1 Å². The van der Waals surface area contributed by atoms with Crippen LogP contribution in [0.5, 0.6) is 0 Å². The van der Waals surface area contributed by atoms with Crippen LogP contribution >= 0.6 is 0 Å². The number of amides is 1. The molecule has 90 valence electrons. The molecule has 3 N–H and O–H groups in total. The fourth-order valence-corrected chi connectivity index (χ4v) is 1.14. The monoisotopic (exact) mass is 245 g/mol. The first-order valence-corrected chi connectivity index (χ1v) is 4.36. The highest BCUT2D eigenvalue weighted by Crippen LogP contribution is 2.18. The summed E-state index contributed by atoms with van der Waals surface area (Å²) < 4.78 is 37.1. The van der Waals surface area contributed by atoms with Gasteiger partial charge in [-0.1, -0.05) is 0 Å². The van der Waals surface area contributed by atoms with E-state index in [1.165, 1.54) is 16.6 Å². The Morgan fingerprint density at radius 1 is 1.41 bits per heavy atom. The van der Waals surface area contributed by atoms with Gasteiger partial charge in [0, 0.05) is 0 Å². The lowest BCUT2D eigenvalue weighted by molar-refractivity contribution is -0.167. The molecular weight excluding hydrogens is 239 g/mol. The van der Waals surface area contributed by atoms with Gasteiger partial charge in [-0.05, 0) is 12.1 Å². The number of nitrogen functional groups attached to an aromatic ring is 1. The Morgan fingerprint density at radius 2 is 2.12 bits per heavy atom. The maximum atomic E-state index is 12.0. The van der Waals surface area contributed by atoms with Crippen molar-refractivity contribution in [3.63, 3.8) is 0 Å². The van der Waals surface area contributed by atoms with Gasteiger partial charge in [0.2, 0.25) is 0 Å². The fraction of sp³-hybridized carbons (Fsp3) is 0.125. The molecule has 2 aromatic heterocycles. The first kappa shape index (κ1) is 11.2. The summed E-state index contributed by atoms with van der Waals surface area (Å²) in [6.07, 6.45) is -3.82. The highest BCUT2D eigenvalue weighted by molar-refractivity contribution is 5.94. The number of carbonyl (C=O) groups excluding carboxylic acids is 1. The van der Waals surface area contributed by atoms with Gasteiger partial charge in [0.05, 0.1) is 6.20 Å². The van der Waals surface area contributed by atoms with Gasteiger partial charge in [0.15, 0.2) is 11.5 Å². The van der Waals surface area contributed by atoms with Crippen LogP contribution in [0.4, 0.5) is 24.8 Å². The fourth-order valence-electron chi connectivity index (χ4n) is 1.14. The van der Waals surface area contributed by atoms with Crippen molar-refractivity contribution in [3.8, 4) is 0 Å². The number of nitrogens with two attached hydrogens (primary N) is 1. The van der Waals surface area contributed by atoms with Crippen LogP contribution in [0.15, 0.2) is 18.3 Å². The predicted octanol–water partition coefficient (Wildman–Crippen LogP) is 0.812. The summed E-state index contributed by atoms with van der Waals surface area (Å²) in [4.78, 5) is 14.4. The molecule has 0 spiro atoms. The van der Waals surface area contributed by atoms with Crippen molar-refractivity contribution in [2.75, 3.05) is 11.1 Å². The quantitative estimate of drug-likeness (QED) is 0.778. The summed E-state index contributed by atoms with van der Waals surface area (Å²) in [5.74, 6) is -2.15. The second-order valence-corrected chi connectivity index (χ2v) is 3.14. The molecule has 0 radical (unpaired) electrons. The number of hydrogen-bond acceptors (Lipinski definition) is 4. The van der Waals surface area contributed by atoms with E-state index in [0.29, 0.717) is 0 Å². The molecule has 0 saturated carbocycles. The van der Waals surface area contributed by atoms with E-state index in [0.717, 1.165) is 6.20 Å². The lowest BCUT2D eigenvalue weighted by atomic mass is 10.5. The third-order valence-corrected chi connectivity index (χ3v) is 1.84. The number of anilines is 2. The highest BCUT2D eigenvalue weighted by atomic mass is 19.4. The van der Waals surface area contributed by atoms with Gasteiger partial charge in [-0.15, -0.1) is 5.10 Å². The third kappa shape index (κ3) is 2.27. The minimum absolute atomic E-state index is 0.184. The van der Waals surface area contributed by atoms with Crippen LogP contribution in [0.1, 0.15) is 0 Å². The number of halogens is 3. The molecule has 0 atom stereocenters. The maximum absolute atomic E-state index is 12.0. The van der Waals surface area contributed by atoms with E-state index >= 15 is 0 Å². The average Bonchev–Trinajstić information content (AvgIpc) is 2.57. The van der Waals surface area contributed by atoms with Crippen LogP contribution < -0.4 is 11.1 Å². The molecular formula is C8H6F3N5O. The van der Waals surface area contributed by atoms with Gasteiger partial charge in [0.1, 0.15) is 5.82 Å². The lowest BCUT2D eigenvalue weighted by Crippen LogP contribution is -2.30. The van der Waals surface area contributed by atoms with Crippen molar-refractivity contribution in [2.24, 2.45) is 0 Å². The molecule has 17 heavy (non-hydrogen) atoms. The number of carbonyl (C=O) groups is 1. The molecule has 0 saturated heterocycles. The second kappa shape index (κ2) is 3.61. The van der Waals surface area contributed by atoms with E-state index in [9.17, 15) is 18.0 Å². The Morgan fingerprint density at radius 3 is 2.76 bits per heavy atom. The summed E-state index contributed by atoms with van der Waals surface area (Å²) in [7, 11) is 0. The van der Waals surface area contributed by atoms with Crippen molar-refractivity contribution in [2.45, 2.75) is 6.18 Å². The van der Waals surface area contributed by atoms with Gasteiger partial charge in [-0.3, -0.25) is 4.79 Å². The molecule has 2 aromatic rings. The first-order chi connectivity index (χ1) is 7.86. The van der Waals surface area contributed by atoms with Gasteiger partial charge in [-0.2, -0.15) is 13.2 Å². The summed E-state index contributed by atoms with van der Waals surface area (Å²) in [6.45, 7) is 0. The Balaban J connectivity index is 2.29. The van der Waals surface area contributed by atoms with E-state index in [4.69, 9.17) is 5.73 Å². The zero-order valence-electron chi connectivity index (χ0n) is 8.19. The number of hydrogen-bond donors (Lipinski definition) is 2. The minimum Gasteiger partial charge on any atom is -0.382 e. The molecule has 1 amide bonds. The molecule has 0 aromatic carbocycles. The number of aromatic nitrogens is 3. The molecule has 0 aliphatic heterocycles. The zero-order valence-corrected chi connectivity index (χ0v) is 8.19. The largest absolute Gasteiger partial charge is 0.471 e. The first-order valence-electron chi connectivity index (χ1n) is 4.36. The summed E-state index contributed by atoms with van der Waals surface area (Å²) in [5, 5.41) is 5.38. The SMILES string of the molecule is Nc1ccc2nc(NC(=O)C(F)(F)F)cn2n1. The minimum atomic E-state index is -4.96. The molecule has 0 fully saturated rings. The highest BCUT2D eigenvalue weighted by Gasteiger charge is 2.39. The molecule has 0 aliphatic carbocycles. The summed E-state index contributed by atoms with van der Waals surface area (Å²) in [5.41, 5.74) is 5.65. The number of rotatable bonds is 1. The average molecular weight is 245 g/mol. The topological polar surface area (TPSA) is 85.3 Å². The predicted molar refractivity (Wildman–Crippen MR) is 52.1 cm³/mol. The Kier molecular flexibility index (Phi) is 2.37. The van der Waals surface area contributed by atoms with Crippen LogP contribution in [0.3, 0.4) is 0 Å². The molecule has 2 heterocycles. The van der Waals surface area contributed by atoms with Gasteiger partial charge >= 0.3 is 12.1 Å². The van der Waals surface area contributed by atoms with Crippen molar-refractivity contribution in [1.82, 2.24) is 14.6 Å². The third-order valence-electron chi connectivity index (χ3n) is 1.84. The van der Waals surface area contributed by atoms with Crippen molar-refractivity contribution in [3.05, 3.63) is 18.3 Å². The number of alkyl halides is 3. The van der Waals surface area contributed by atoms with E-state index in [1.54, 1.807) is 5.32 Å². The van der Waals surface area contributed by atoms with Crippen molar-refractivity contribution in [1.29, 1.82) is 0 Å². The molecule has 0 unspecified atom stereocenters. The zero-order chi connectivity index (χ0) is 12.6. The van der Waals surface area contributed by atoms with Crippen LogP contribution in [0, 0.1) is 0 Å². The van der Waals surface area contributed by atoms with Crippen molar-refractivity contribution >= 4 is 23.2 Å². The Hall–Kier alpha value is -2.32. The van der Waals surface area contributed by atoms with Gasteiger partial charge in [0.25, 0.3) is 0 Å². The van der Waals surface area contributed by atoms with Crippen LogP contribution in [-0.2, 0) is 4.79 Å². The van der Waals surface area contributed by atoms with Crippen LogP contribution in [-0.4, -0.2) is 26.7 Å². The Bertz CT molecular complexity index is 576. The van der Waals surface area contributed by atoms with Crippen molar-refractivity contribution < 1.29 is 18.0 Å². The smallest absolute Gasteiger partial charge is 0.382 e. The number of fused-ring (bicyclic) bond motifs is 1. The lowest BCUT2D eigenvalue weighted by Gasteiger charge is -2.03. The van der Waals surface area contributed by atoms with E-state index in [1.807, 2.05) is 0 Å². The summed E-state index contributed by atoms with van der Waals surface area (Å²) >= 11 is 0. The number of nitrogens with zero attached hydrogens (tertiary/aromatic N) is 3. The van der Waals surface area contributed by atoms with E-state index < -0.39 is 12.1 Å². The molecule has 2 rings (SSSR count). The van der Waals surface area contributed by atoms with Gasteiger partial charge in [-0.25, -0.2) is 9.50 Å². The standard InChI is InChI=1S/C8H6F3N5O/c9-8(10,11)7(17)14-5-3-16-6(13-5)2-1-4(12)15-16/h1-3H,(H2,12,15)(H,14,17). The molecule has 9 heteroatoms. The second-order valence-electron chi connectivity index (χ2n) is 3.14. The summed E-state index contributed by atoms with van der Waals surface area (Å²) in [6, 6.07) is 2.91. The molecule has 0 aliphatic rings. The maximum Gasteiger partial charge on any atom is 0.471 e.